The largest absolute Gasteiger partial charge is 0.493 e. The lowest BCUT2D eigenvalue weighted by molar-refractivity contribution is 0.162. The summed E-state index contributed by atoms with van der Waals surface area (Å²) in [5.74, 6) is 0.566. The van der Waals surface area contributed by atoms with Gasteiger partial charge < -0.3 is 4.74 Å². The molecule has 0 aliphatic heterocycles. The minimum Gasteiger partial charge on any atom is -0.493 e. The lowest BCUT2D eigenvalue weighted by atomic mass is 9.82. The molecule has 0 fully saturated rings. The second kappa shape index (κ2) is 5.92. The number of aryl methyl sites for hydroxylation is 1. The molecule has 1 unspecified atom stereocenters. The first-order valence-electron chi connectivity index (χ1n) is 6.28. The fourth-order valence-electron chi connectivity index (χ4n) is 1.74. The summed E-state index contributed by atoms with van der Waals surface area (Å²) in [5.41, 5.74) is 0.848. The summed E-state index contributed by atoms with van der Waals surface area (Å²) in [5, 5.41) is 5.15. The maximum absolute atomic E-state index is 11.3. The molecule has 0 aliphatic carbocycles. The van der Waals surface area contributed by atoms with Gasteiger partial charge in [0.05, 0.1) is 12.4 Å². The van der Waals surface area contributed by atoms with Gasteiger partial charge in [0.15, 0.2) is 0 Å². The summed E-state index contributed by atoms with van der Waals surface area (Å²) < 4.78 is 28.3. The van der Waals surface area contributed by atoms with Crippen molar-refractivity contribution < 1.29 is 13.2 Å². The predicted octanol–water partition coefficient (Wildman–Crippen LogP) is 2.32. The predicted molar refractivity (Wildman–Crippen MR) is 77.6 cm³/mol. The number of para-hydroxylation sites is 1. The molecule has 0 radical (unpaired) electrons. The van der Waals surface area contributed by atoms with Gasteiger partial charge in [-0.15, -0.1) is 0 Å². The molecule has 0 saturated heterocycles. The zero-order chi connectivity index (χ0) is 14.7. The van der Waals surface area contributed by atoms with E-state index in [9.17, 15) is 8.42 Å². The van der Waals surface area contributed by atoms with E-state index in [-0.39, 0.29) is 17.1 Å². The number of sulfonamides is 1. The third-order valence-corrected chi connectivity index (χ3v) is 4.06. The minimum atomic E-state index is -3.50. The van der Waals surface area contributed by atoms with Gasteiger partial charge >= 0.3 is 0 Å². The highest BCUT2D eigenvalue weighted by atomic mass is 32.2. The standard InChI is InChI=1S/C14H23NO3S/c1-11-7-5-6-8-13(11)18-9-12(14(2,3)4)10-19(15,16)17/h5-8,12H,9-10H2,1-4H3,(H2,15,16,17). The van der Waals surface area contributed by atoms with Gasteiger partial charge in [-0.25, -0.2) is 13.6 Å². The molecule has 19 heavy (non-hydrogen) atoms. The van der Waals surface area contributed by atoms with E-state index in [1.165, 1.54) is 0 Å². The fraction of sp³-hybridized carbons (Fsp3) is 0.571. The molecule has 108 valence electrons. The van der Waals surface area contributed by atoms with Crippen LogP contribution in [0.4, 0.5) is 0 Å². The first kappa shape index (κ1) is 16.0. The van der Waals surface area contributed by atoms with Gasteiger partial charge in [-0.3, -0.25) is 0 Å². The number of hydrogen-bond donors (Lipinski definition) is 1. The van der Waals surface area contributed by atoms with E-state index in [1.54, 1.807) is 0 Å². The van der Waals surface area contributed by atoms with Crippen LogP contribution < -0.4 is 9.88 Å². The monoisotopic (exact) mass is 285 g/mol. The number of primary sulfonamides is 1. The first-order chi connectivity index (χ1) is 8.59. The van der Waals surface area contributed by atoms with Crippen LogP contribution in [0.15, 0.2) is 24.3 Å². The molecule has 1 rings (SSSR count). The van der Waals surface area contributed by atoms with Crippen molar-refractivity contribution in [1.29, 1.82) is 0 Å². The molecule has 0 aliphatic rings. The fourth-order valence-corrected chi connectivity index (χ4v) is 2.89. The summed E-state index contributed by atoms with van der Waals surface area (Å²) in [4.78, 5) is 0. The van der Waals surface area contributed by atoms with Crippen LogP contribution in [0, 0.1) is 18.3 Å². The average molecular weight is 285 g/mol. The first-order valence-corrected chi connectivity index (χ1v) is 8.00. The van der Waals surface area contributed by atoms with Crippen molar-refractivity contribution in [3.8, 4) is 5.75 Å². The Labute approximate surface area is 116 Å². The quantitative estimate of drug-likeness (QED) is 0.902. The smallest absolute Gasteiger partial charge is 0.209 e. The molecule has 0 heterocycles. The van der Waals surface area contributed by atoms with Crippen LogP contribution in [-0.2, 0) is 10.0 Å². The number of nitrogens with two attached hydrogens (primary N) is 1. The normalized spacial score (nSPS) is 14.2. The van der Waals surface area contributed by atoms with Crippen LogP contribution in [-0.4, -0.2) is 20.8 Å². The molecule has 1 aromatic carbocycles. The molecule has 5 heteroatoms. The molecule has 0 bridgehead atoms. The van der Waals surface area contributed by atoms with Crippen molar-refractivity contribution in [1.82, 2.24) is 0 Å². The van der Waals surface area contributed by atoms with E-state index in [1.807, 2.05) is 52.0 Å². The third kappa shape index (κ3) is 5.61. The zero-order valence-corrected chi connectivity index (χ0v) is 12.8. The van der Waals surface area contributed by atoms with Crippen LogP contribution in [0.3, 0.4) is 0 Å². The molecule has 0 spiro atoms. The minimum absolute atomic E-state index is 0.0671. The van der Waals surface area contributed by atoms with E-state index in [0.29, 0.717) is 6.61 Å². The number of hydrogen-bond acceptors (Lipinski definition) is 3. The van der Waals surface area contributed by atoms with Crippen molar-refractivity contribution in [2.75, 3.05) is 12.4 Å². The van der Waals surface area contributed by atoms with Gasteiger partial charge in [0.1, 0.15) is 5.75 Å². The molecule has 2 N–H and O–H groups in total. The average Bonchev–Trinajstić information content (AvgIpc) is 2.23. The Balaban J connectivity index is 2.77. The van der Waals surface area contributed by atoms with Crippen molar-refractivity contribution in [3.63, 3.8) is 0 Å². The summed E-state index contributed by atoms with van der Waals surface area (Å²) in [6.45, 7) is 8.27. The van der Waals surface area contributed by atoms with Crippen LogP contribution in [0.5, 0.6) is 5.75 Å². The Hall–Kier alpha value is -1.07. The van der Waals surface area contributed by atoms with Gasteiger partial charge in [0.25, 0.3) is 0 Å². The summed E-state index contributed by atoms with van der Waals surface area (Å²) in [6, 6.07) is 7.68. The molecule has 1 atom stereocenters. The maximum Gasteiger partial charge on any atom is 0.209 e. The molecule has 1 aromatic rings. The SMILES string of the molecule is Cc1ccccc1OCC(CS(N)(=O)=O)C(C)(C)C. The van der Waals surface area contributed by atoms with Crippen molar-refractivity contribution >= 4 is 10.0 Å². The highest BCUT2D eigenvalue weighted by Crippen LogP contribution is 2.28. The van der Waals surface area contributed by atoms with Crippen molar-refractivity contribution in [2.45, 2.75) is 27.7 Å². The molecule has 0 aromatic heterocycles. The zero-order valence-electron chi connectivity index (χ0n) is 12.0. The Morgan fingerprint density at radius 1 is 1.26 bits per heavy atom. The second-order valence-electron chi connectivity index (χ2n) is 5.97. The number of ether oxygens (including phenoxy) is 1. The van der Waals surface area contributed by atoms with Crippen LogP contribution in [0.1, 0.15) is 26.3 Å². The van der Waals surface area contributed by atoms with E-state index in [4.69, 9.17) is 9.88 Å². The lowest BCUT2D eigenvalue weighted by Crippen LogP contribution is -2.35. The van der Waals surface area contributed by atoms with Crippen LogP contribution in [0.25, 0.3) is 0 Å². The van der Waals surface area contributed by atoms with E-state index in [0.717, 1.165) is 11.3 Å². The topological polar surface area (TPSA) is 69.4 Å². The Morgan fingerprint density at radius 2 is 1.84 bits per heavy atom. The summed E-state index contributed by atoms with van der Waals surface area (Å²) >= 11 is 0. The third-order valence-electron chi connectivity index (χ3n) is 3.19. The highest BCUT2D eigenvalue weighted by molar-refractivity contribution is 7.89. The molecule has 0 amide bonds. The van der Waals surface area contributed by atoms with Gasteiger partial charge in [-0.1, -0.05) is 39.0 Å². The van der Waals surface area contributed by atoms with E-state index >= 15 is 0 Å². The Kier molecular flexibility index (Phi) is 4.98. The van der Waals surface area contributed by atoms with Crippen LogP contribution >= 0.6 is 0 Å². The van der Waals surface area contributed by atoms with E-state index in [2.05, 4.69) is 0 Å². The second-order valence-corrected chi connectivity index (χ2v) is 7.63. The maximum atomic E-state index is 11.3. The van der Waals surface area contributed by atoms with Crippen molar-refractivity contribution in [3.05, 3.63) is 29.8 Å². The van der Waals surface area contributed by atoms with Gasteiger partial charge in [0, 0.05) is 5.92 Å². The highest BCUT2D eigenvalue weighted by Gasteiger charge is 2.29. The van der Waals surface area contributed by atoms with Gasteiger partial charge in [-0.05, 0) is 24.0 Å². The van der Waals surface area contributed by atoms with Gasteiger partial charge in [-0.2, -0.15) is 0 Å². The molecular weight excluding hydrogens is 262 g/mol. The van der Waals surface area contributed by atoms with E-state index < -0.39 is 10.0 Å². The molecular formula is C14H23NO3S. The molecule has 0 saturated carbocycles. The number of rotatable bonds is 5. The molecule has 4 nitrogen and oxygen atoms in total. The summed E-state index contributed by atoms with van der Waals surface area (Å²) in [6.07, 6.45) is 0. The van der Waals surface area contributed by atoms with Crippen LogP contribution in [0.2, 0.25) is 0 Å². The van der Waals surface area contributed by atoms with Crippen molar-refractivity contribution in [2.24, 2.45) is 16.5 Å². The summed E-state index contributed by atoms with van der Waals surface area (Å²) in [7, 11) is -3.50. The lowest BCUT2D eigenvalue weighted by Gasteiger charge is -2.30. The van der Waals surface area contributed by atoms with Gasteiger partial charge in [0.2, 0.25) is 10.0 Å². The Bertz CT molecular complexity index is 518. The number of benzene rings is 1. The Morgan fingerprint density at radius 3 is 2.32 bits per heavy atom.